The Bertz CT molecular complexity index is 4250. The minimum atomic E-state index is -0.229. The highest BCUT2D eigenvalue weighted by molar-refractivity contribution is 7.01. The maximum absolute atomic E-state index is 7.34. The summed E-state index contributed by atoms with van der Waals surface area (Å²) in [6, 6.07) is 77.9. The Morgan fingerprint density at radius 3 is 1.69 bits per heavy atom. The number of anilines is 9. The molecule has 0 radical (unpaired) electrons. The van der Waals surface area contributed by atoms with Crippen LogP contribution in [0.4, 0.5) is 51.2 Å². The van der Waals surface area contributed by atoms with Crippen molar-refractivity contribution in [3.63, 3.8) is 0 Å². The van der Waals surface area contributed by atoms with Crippen LogP contribution in [0.5, 0.6) is 0 Å². The molecule has 2 aliphatic heterocycles. The summed E-state index contributed by atoms with van der Waals surface area (Å²) >= 11 is 0. The number of furan rings is 1. The Morgan fingerprint density at radius 1 is 0.450 bits per heavy atom. The molecule has 3 heterocycles. The third-order valence-corrected chi connectivity index (χ3v) is 18.0. The zero-order valence-electron chi connectivity index (χ0n) is 47.9. The maximum Gasteiger partial charge on any atom is 0.257 e. The first-order valence-electron chi connectivity index (χ1n) is 28.7. The third-order valence-electron chi connectivity index (χ3n) is 18.0. The van der Waals surface area contributed by atoms with Crippen molar-refractivity contribution in [2.24, 2.45) is 0 Å². The van der Waals surface area contributed by atoms with Gasteiger partial charge in [-0.3, -0.25) is 0 Å². The second-order valence-corrected chi connectivity index (χ2v) is 25.4. The van der Waals surface area contributed by atoms with Crippen LogP contribution in [0.2, 0.25) is 0 Å². The minimum Gasteiger partial charge on any atom is -0.457 e. The van der Waals surface area contributed by atoms with Gasteiger partial charge in [-0.15, -0.1) is 0 Å². The van der Waals surface area contributed by atoms with E-state index < -0.39 is 0 Å². The molecule has 5 heteroatoms. The number of benzene rings is 10. The van der Waals surface area contributed by atoms with Gasteiger partial charge in [0.25, 0.3) is 6.71 Å². The molecule has 0 atom stereocenters. The highest BCUT2D eigenvalue weighted by Gasteiger charge is 2.47. The first kappa shape index (κ1) is 49.7. The van der Waals surface area contributed by atoms with Crippen LogP contribution in [0.15, 0.2) is 211 Å². The molecule has 3 aliphatic rings. The summed E-state index contributed by atoms with van der Waals surface area (Å²) in [6.07, 6.45) is 2.28. The van der Waals surface area contributed by atoms with E-state index in [1.807, 2.05) is 0 Å². The summed E-state index contributed by atoms with van der Waals surface area (Å²) in [5.41, 5.74) is 28.2. The molecular formula is C75H68BN3O. The number of fused-ring (bicyclic) bond motifs is 9. The zero-order chi connectivity index (χ0) is 55.0. The van der Waals surface area contributed by atoms with Crippen molar-refractivity contribution in [3.8, 4) is 22.3 Å². The highest BCUT2D eigenvalue weighted by atomic mass is 16.3. The van der Waals surface area contributed by atoms with Crippen molar-refractivity contribution in [1.29, 1.82) is 0 Å². The second-order valence-electron chi connectivity index (χ2n) is 25.4. The summed E-state index contributed by atoms with van der Waals surface area (Å²) in [5, 5.41) is 2.24. The van der Waals surface area contributed by atoms with Crippen LogP contribution in [-0.4, -0.2) is 6.71 Å². The number of nitrogens with zero attached hydrogens (tertiary/aromatic N) is 3. The third kappa shape index (κ3) is 7.94. The Hall–Kier alpha value is -8.54. The van der Waals surface area contributed by atoms with Crippen LogP contribution in [0.1, 0.15) is 94.7 Å². The van der Waals surface area contributed by atoms with E-state index in [1.54, 1.807) is 0 Å². The quantitative estimate of drug-likeness (QED) is 0.148. The fourth-order valence-electron chi connectivity index (χ4n) is 13.7. The monoisotopic (exact) mass is 1040 g/mol. The minimum absolute atomic E-state index is 0.0181. The van der Waals surface area contributed by atoms with Crippen LogP contribution < -0.4 is 31.1 Å². The molecular weight excluding hydrogens is 970 g/mol. The van der Waals surface area contributed by atoms with Gasteiger partial charge in [0.1, 0.15) is 11.2 Å². The van der Waals surface area contributed by atoms with E-state index in [9.17, 15) is 0 Å². The van der Waals surface area contributed by atoms with E-state index in [0.29, 0.717) is 0 Å². The lowest BCUT2D eigenvalue weighted by Gasteiger charge is -2.46. The smallest absolute Gasteiger partial charge is 0.257 e. The van der Waals surface area contributed by atoms with Crippen LogP contribution in [0.3, 0.4) is 0 Å². The number of aryl methyl sites for hydroxylation is 3. The predicted molar refractivity (Wildman–Crippen MR) is 341 cm³/mol. The fraction of sp³-hybridized carbons (Fsp3) is 0.200. The molecule has 392 valence electrons. The van der Waals surface area contributed by atoms with Crippen LogP contribution >= 0.6 is 0 Å². The highest BCUT2D eigenvalue weighted by Crippen LogP contribution is 2.54. The molecule has 1 aliphatic carbocycles. The first-order valence-corrected chi connectivity index (χ1v) is 28.7. The number of para-hydroxylation sites is 1. The van der Waals surface area contributed by atoms with Crippen molar-refractivity contribution in [2.45, 2.75) is 98.3 Å². The van der Waals surface area contributed by atoms with E-state index in [4.69, 9.17) is 4.42 Å². The van der Waals surface area contributed by atoms with E-state index in [-0.39, 0.29) is 23.0 Å². The fourth-order valence-corrected chi connectivity index (χ4v) is 13.7. The summed E-state index contributed by atoms with van der Waals surface area (Å²) < 4.78 is 7.34. The lowest BCUT2D eigenvalue weighted by molar-refractivity contribution is 0.332. The van der Waals surface area contributed by atoms with Crippen molar-refractivity contribution < 1.29 is 4.42 Å². The van der Waals surface area contributed by atoms with Gasteiger partial charge < -0.3 is 19.1 Å². The summed E-state index contributed by atoms with van der Waals surface area (Å²) in [6.45, 7) is 23.3. The van der Waals surface area contributed by atoms with Crippen LogP contribution in [0, 0.1) is 20.8 Å². The van der Waals surface area contributed by atoms with E-state index in [2.05, 4.69) is 290 Å². The Balaban J connectivity index is 1.18. The molecule has 0 N–H and O–H groups in total. The van der Waals surface area contributed by atoms with Gasteiger partial charge in [0.05, 0.1) is 11.4 Å². The number of hydrogen-bond donors (Lipinski definition) is 0. The van der Waals surface area contributed by atoms with Crippen LogP contribution in [-0.2, 0) is 16.2 Å². The molecule has 0 amide bonds. The molecule has 0 bridgehead atoms. The maximum atomic E-state index is 7.34. The van der Waals surface area contributed by atoms with Gasteiger partial charge in [-0.2, -0.15) is 0 Å². The van der Waals surface area contributed by atoms with Crippen LogP contribution in [0.25, 0.3) is 44.2 Å². The average Bonchev–Trinajstić information content (AvgIpc) is 3.71. The van der Waals surface area contributed by atoms with Gasteiger partial charge in [0, 0.05) is 56.1 Å². The van der Waals surface area contributed by atoms with Gasteiger partial charge in [-0.1, -0.05) is 176 Å². The molecule has 1 aromatic heterocycles. The van der Waals surface area contributed by atoms with Gasteiger partial charge in [-0.25, -0.2) is 0 Å². The molecule has 14 rings (SSSR count). The first-order chi connectivity index (χ1) is 38.5. The Morgan fingerprint density at radius 2 is 1.04 bits per heavy atom. The largest absolute Gasteiger partial charge is 0.457 e. The standard InChI is InChI=1S/C75H68BN3O/c1-47-21-19-27-54(39-47)77(55-28-20-22-48(2)40-55)56-44-67-70-68(45-56)79(66-46-61-60(41-49(66)3)74(7,8)37-38-75(61,9)10)64-34-31-52(50-23-13-11-14-24-50)42-62(64)76(70)71-65(36-33-58-57-29-17-18-30-69(57)80-72(58)71)78(67)63-35-32-53(73(4,5)6)43-59(63)51-25-15-12-16-26-51/h11-36,39-46H,37-38H2,1-10H3. The Labute approximate surface area is 473 Å². The summed E-state index contributed by atoms with van der Waals surface area (Å²) in [5.74, 6) is 0. The molecule has 0 spiro atoms. The molecule has 4 nitrogen and oxygen atoms in total. The molecule has 80 heavy (non-hydrogen) atoms. The summed E-state index contributed by atoms with van der Waals surface area (Å²) in [7, 11) is 0. The van der Waals surface area contributed by atoms with Crippen molar-refractivity contribution in [1.82, 2.24) is 0 Å². The molecule has 0 saturated carbocycles. The molecule has 10 aromatic carbocycles. The lowest BCUT2D eigenvalue weighted by Crippen LogP contribution is -2.61. The van der Waals surface area contributed by atoms with Gasteiger partial charge in [0.15, 0.2) is 0 Å². The molecule has 0 unspecified atom stereocenters. The van der Waals surface area contributed by atoms with Gasteiger partial charge in [0.2, 0.25) is 0 Å². The normalized spacial score (nSPS) is 14.9. The SMILES string of the molecule is Cc1cccc(N(c2cccc(C)c2)c2cc3c4c(c2)N(c2ccc(C(C)(C)C)cc2-c2ccccc2)c2ccc5c(oc6ccccc65)c2B4c2cc(-c4ccccc4)ccc2N3c2cc3c(cc2C)C(C)(C)CCC3(C)C)c1. The van der Waals surface area contributed by atoms with Crippen molar-refractivity contribution in [3.05, 3.63) is 240 Å². The van der Waals surface area contributed by atoms with E-state index >= 15 is 0 Å². The topological polar surface area (TPSA) is 22.9 Å². The lowest BCUT2D eigenvalue weighted by atomic mass is 9.33. The molecule has 0 saturated heterocycles. The van der Waals surface area contributed by atoms with Crippen molar-refractivity contribution in [2.75, 3.05) is 14.7 Å². The van der Waals surface area contributed by atoms with Gasteiger partial charge >= 0.3 is 0 Å². The summed E-state index contributed by atoms with van der Waals surface area (Å²) in [4.78, 5) is 7.75. The van der Waals surface area contributed by atoms with Gasteiger partial charge in [-0.05, 0) is 195 Å². The molecule has 11 aromatic rings. The van der Waals surface area contributed by atoms with E-state index in [1.165, 1.54) is 83.4 Å². The Kier molecular flexibility index (Phi) is 11.4. The zero-order valence-corrected chi connectivity index (χ0v) is 47.9. The number of hydrogen-bond acceptors (Lipinski definition) is 4. The molecule has 0 fully saturated rings. The number of rotatable bonds is 7. The predicted octanol–water partition coefficient (Wildman–Crippen LogP) is 19.0. The second kappa shape index (κ2) is 18.3. The van der Waals surface area contributed by atoms with E-state index in [0.717, 1.165) is 74.6 Å². The average molecular weight is 1040 g/mol. The van der Waals surface area contributed by atoms with Crippen molar-refractivity contribution >= 4 is 96.2 Å².